The summed E-state index contributed by atoms with van der Waals surface area (Å²) in [6.45, 7) is 1.71. The minimum absolute atomic E-state index is 0.0582. The molecule has 1 fully saturated rings. The largest absolute Gasteiger partial charge is 0.496 e. The van der Waals surface area contributed by atoms with Crippen LogP contribution in [-0.4, -0.2) is 23.0 Å². The third-order valence-corrected chi connectivity index (χ3v) is 3.96. The number of H-pyrrole nitrogens is 1. The average molecular weight is 331 g/mol. The van der Waals surface area contributed by atoms with Crippen LogP contribution in [0.2, 0.25) is 0 Å². The first-order valence-electron chi connectivity index (χ1n) is 7.73. The normalized spacial score (nSPS) is 15.0. The molecule has 3 rings (SSSR count). The molecule has 1 aromatic heterocycles. The summed E-state index contributed by atoms with van der Waals surface area (Å²) < 4.78 is 18.7. The number of nitrogens with one attached hydrogen (secondary N) is 2. The Morgan fingerprint density at radius 1 is 1.42 bits per heavy atom. The smallest absolute Gasteiger partial charge is 0.270 e. The molecule has 1 atom stereocenters. The number of carbonyl (C=O) groups excluding carboxylic acids is 1. The molecule has 126 valence electrons. The van der Waals surface area contributed by atoms with E-state index in [1.807, 2.05) is 0 Å². The van der Waals surface area contributed by atoms with E-state index < -0.39 is 17.8 Å². The van der Waals surface area contributed by atoms with Crippen LogP contribution in [-0.2, 0) is 0 Å². The molecule has 24 heavy (non-hydrogen) atoms. The highest BCUT2D eigenvalue weighted by molar-refractivity contribution is 5.92. The van der Waals surface area contributed by atoms with E-state index in [-0.39, 0.29) is 17.2 Å². The fourth-order valence-corrected chi connectivity index (χ4v) is 2.53. The van der Waals surface area contributed by atoms with Gasteiger partial charge >= 0.3 is 0 Å². The van der Waals surface area contributed by atoms with Crippen LogP contribution >= 0.6 is 0 Å². The molecule has 1 amide bonds. The van der Waals surface area contributed by atoms with E-state index in [1.54, 1.807) is 6.92 Å². The van der Waals surface area contributed by atoms with Gasteiger partial charge in [-0.15, -0.1) is 0 Å². The second-order valence-corrected chi connectivity index (χ2v) is 5.87. The van der Waals surface area contributed by atoms with Crippen molar-refractivity contribution in [3.05, 3.63) is 57.5 Å². The van der Waals surface area contributed by atoms with Crippen molar-refractivity contribution in [2.45, 2.75) is 31.7 Å². The van der Waals surface area contributed by atoms with Crippen LogP contribution in [0.3, 0.4) is 0 Å². The van der Waals surface area contributed by atoms with E-state index in [4.69, 9.17) is 4.74 Å². The highest BCUT2D eigenvalue weighted by Crippen LogP contribution is 2.37. The van der Waals surface area contributed by atoms with Gasteiger partial charge in [0.1, 0.15) is 23.1 Å². The van der Waals surface area contributed by atoms with Crippen molar-refractivity contribution >= 4 is 5.91 Å². The molecule has 6 nitrogen and oxygen atoms in total. The third kappa shape index (κ3) is 3.45. The number of nitrogens with zero attached hydrogens (tertiary/aromatic N) is 1. The first-order chi connectivity index (χ1) is 11.5. The summed E-state index contributed by atoms with van der Waals surface area (Å²) in [5.41, 5.74) is 0.217. The fourth-order valence-electron chi connectivity index (χ4n) is 2.53. The number of rotatable bonds is 5. The van der Waals surface area contributed by atoms with Crippen molar-refractivity contribution in [2.75, 3.05) is 7.11 Å². The third-order valence-electron chi connectivity index (χ3n) is 3.96. The lowest BCUT2D eigenvalue weighted by molar-refractivity contribution is 0.0933. The molecule has 2 aromatic rings. The Labute approximate surface area is 138 Å². The zero-order valence-electron chi connectivity index (χ0n) is 13.4. The lowest BCUT2D eigenvalue weighted by atomic mass is 10.1. The van der Waals surface area contributed by atoms with Gasteiger partial charge in [-0.05, 0) is 38.0 Å². The Bertz CT molecular complexity index is 830. The highest BCUT2D eigenvalue weighted by Gasteiger charge is 2.27. The van der Waals surface area contributed by atoms with E-state index in [1.165, 1.54) is 25.3 Å². The summed E-state index contributed by atoms with van der Waals surface area (Å²) in [6, 6.07) is 4.76. The van der Waals surface area contributed by atoms with Gasteiger partial charge < -0.3 is 15.0 Å². The molecule has 0 bridgehead atoms. The minimum Gasteiger partial charge on any atom is -0.496 e. The van der Waals surface area contributed by atoms with E-state index >= 15 is 0 Å². The van der Waals surface area contributed by atoms with Gasteiger partial charge in [0.25, 0.3) is 11.5 Å². The molecule has 1 aliphatic rings. The molecule has 2 N–H and O–H groups in total. The van der Waals surface area contributed by atoms with Crippen molar-refractivity contribution in [1.29, 1.82) is 0 Å². The number of ether oxygens (including phenoxy) is 1. The molecular weight excluding hydrogens is 313 g/mol. The van der Waals surface area contributed by atoms with Crippen LogP contribution in [0.5, 0.6) is 5.75 Å². The summed E-state index contributed by atoms with van der Waals surface area (Å²) in [6.07, 6.45) is 1.93. The fraction of sp³-hybridized carbons (Fsp3) is 0.353. The second kappa shape index (κ2) is 6.43. The summed E-state index contributed by atoms with van der Waals surface area (Å²) in [7, 11) is 1.48. The van der Waals surface area contributed by atoms with Gasteiger partial charge in [0.15, 0.2) is 0 Å². The van der Waals surface area contributed by atoms with Gasteiger partial charge in [0.2, 0.25) is 0 Å². The SMILES string of the molecule is COc1ccc(F)cc1C(C)NC(=O)c1cc(=O)[nH]c(C2CC2)n1. The van der Waals surface area contributed by atoms with Gasteiger partial charge in [-0.1, -0.05) is 0 Å². The number of benzene rings is 1. The van der Waals surface area contributed by atoms with E-state index in [0.29, 0.717) is 17.1 Å². The molecule has 7 heteroatoms. The Balaban J connectivity index is 1.82. The number of aromatic amines is 1. The van der Waals surface area contributed by atoms with Gasteiger partial charge in [-0.25, -0.2) is 9.37 Å². The number of halogens is 1. The molecule has 0 aliphatic heterocycles. The summed E-state index contributed by atoms with van der Waals surface area (Å²) in [4.78, 5) is 31.0. The Morgan fingerprint density at radius 3 is 2.83 bits per heavy atom. The molecule has 0 saturated heterocycles. The molecule has 1 aliphatic carbocycles. The summed E-state index contributed by atoms with van der Waals surface area (Å²) >= 11 is 0. The summed E-state index contributed by atoms with van der Waals surface area (Å²) in [5, 5.41) is 2.73. The first kappa shape index (κ1) is 16.2. The zero-order valence-corrected chi connectivity index (χ0v) is 13.4. The van der Waals surface area contributed by atoms with Crippen LogP contribution in [0, 0.1) is 5.82 Å². The molecular formula is C17H18FN3O3. The van der Waals surface area contributed by atoms with Crippen LogP contribution in [0.15, 0.2) is 29.1 Å². The van der Waals surface area contributed by atoms with Crippen molar-refractivity contribution < 1.29 is 13.9 Å². The molecule has 1 aromatic carbocycles. The van der Waals surface area contributed by atoms with E-state index in [9.17, 15) is 14.0 Å². The van der Waals surface area contributed by atoms with Crippen LogP contribution < -0.4 is 15.6 Å². The summed E-state index contributed by atoms with van der Waals surface area (Å²) in [5.74, 6) is 0.343. The quantitative estimate of drug-likeness (QED) is 0.880. The van der Waals surface area contributed by atoms with Crippen molar-refractivity contribution in [3.8, 4) is 5.75 Å². The average Bonchev–Trinajstić information content (AvgIpc) is 3.39. The number of carbonyl (C=O) groups is 1. The van der Waals surface area contributed by atoms with Gasteiger partial charge in [0.05, 0.1) is 13.2 Å². The zero-order chi connectivity index (χ0) is 17.3. The molecule has 1 heterocycles. The maximum absolute atomic E-state index is 13.5. The Morgan fingerprint density at radius 2 is 2.17 bits per heavy atom. The topological polar surface area (TPSA) is 84.1 Å². The maximum Gasteiger partial charge on any atom is 0.270 e. The lowest BCUT2D eigenvalue weighted by Gasteiger charge is -2.17. The van der Waals surface area contributed by atoms with E-state index in [2.05, 4.69) is 15.3 Å². The number of methoxy groups -OCH3 is 1. The Hall–Kier alpha value is -2.70. The maximum atomic E-state index is 13.5. The predicted molar refractivity (Wildman–Crippen MR) is 85.7 cm³/mol. The number of aromatic nitrogens is 2. The second-order valence-electron chi connectivity index (χ2n) is 5.87. The number of hydrogen-bond donors (Lipinski definition) is 2. The van der Waals surface area contributed by atoms with Gasteiger partial charge in [-0.2, -0.15) is 0 Å². The lowest BCUT2D eigenvalue weighted by Crippen LogP contribution is -2.29. The molecule has 1 unspecified atom stereocenters. The first-order valence-corrected chi connectivity index (χ1v) is 7.73. The number of amides is 1. The van der Waals surface area contributed by atoms with Crippen LogP contribution in [0.1, 0.15) is 53.6 Å². The van der Waals surface area contributed by atoms with Crippen molar-refractivity contribution in [1.82, 2.24) is 15.3 Å². The Kier molecular flexibility index (Phi) is 4.33. The number of hydrogen-bond acceptors (Lipinski definition) is 4. The van der Waals surface area contributed by atoms with Gasteiger partial charge in [0, 0.05) is 17.5 Å². The molecule has 0 spiro atoms. The van der Waals surface area contributed by atoms with Crippen molar-refractivity contribution in [2.24, 2.45) is 0 Å². The minimum atomic E-state index is -0.506. The monoisotopic (exact) mass is 331 g/mol. The van der Waals surface area contributed by atoms with Gasteiger partial charge in [-0.3, -0.25) is 9.59 Å². The highest BCUT2D eigenvalue weighted by atomic mass is 19.1. The standard InChI is InChI=1S/C17H18FN3O3/c1-9(12-7-11(18)5-6-14(12)24-2)19-17(23)13-8-15(22)21-16(20-13)10-3-4-10/h5-10H,3-4H2,1-2H3,(H,19,23)(H,20,21,22). The van der Waals surface area contributed by atoms with Crippen LogP contribution in [0.4, 0.5) is 4.39 Å². The van der Waals surface area contributed by atoms with Crippen molar-refractivity contribution in [3.63, 3.8) is 0 Å². The molecule has 0 radical (unpaired) electrons. The molecule has 1 saturated carbocycles. The van der Waals surface area contributed by atoms with Crippen LogP contribution in [0.25, 0.3) is 0 Å². The van der Waals surface area contributed by atoms with E-state index in [0.717, 1.165) is 18.9 Å². The predicted octanol–water partition coefficient (Wildman–Crippen LogP) is 2.29.